The number of rotatable bonds is 5. The van der Waals surface area contributed by atoms with Crippen LogP contribution in [0.15, 0.2) is 57.9 Å². The van der Waals surface area contributed by atoms with Crippen LogP contribution in [0.25, 0.3) is 6.08 Å². The Morgan fingerprint density at radius 3 is 2.30 bits per heavy atom. The zero-order valence-corrected chi connectivity index (χ0v) is 17.3. The maximum Gasteiger partial charge on any atom is 0.293 e. The van der Waals surface area contributed by atoms with Crippen LogP contribution in [0.3, 0.4) is 0 Å². The lowest BCUT2D eigenvalue weighted by Gasteiger charge is -2.11. The van der Waals surface area contributed by atoms with Crippen molar-refractivity contribution in [2.24, 2.45) is 0 Å². The zero-order chi connectivity index (χ0) is 19.6. The van der Waals surface area contributed by atoms with Crippen molar-refractivity contribution in [3.63, 3.8) is 0 Å². The van der Waals surface area contributed by atoms with Crippen LogP contribution < -0.4 is 0 Å². The molecule has 1 aliphatic rings. The molecular weight excluding hydrogens is 426 g/mol. The van der Waals surface area contributed by atoms with Crippen molar-refractivity contribution in [3.05, 3.63) is 74.6 Å². The van der Waals surface area contributed by atoms with Gasteiger partial charge in [0.2, 0.25) is 0 Å². The smallest absolute Gasteiger partial charge is 0.292 e. The number of amides is 2. The Hall–Kier alpha value is -2.18. The Kier molecular flexibility index (Phi) is 5.97. The fourth-order valence-corrected chi connectivity index (χ4v) is 3.74. The monoisotopic (exact) mass is 443 g/mol. The van der Waals surface area contributed by atoms with Gasteiger partial charge >= 0.3 is 0 Å². The second kappa shape index (κ2) is 8.23. The summed E-state index contributed by atoms with van der Waals surface area (Å²) >= 11 is 4.18. The molecule has 2 aromatic rings. The Morgan fingerprint density at radius 2 is 1.70 bits per heavy atom. The molecule has 0 spiro atoms. The van der Waals surface area contributed by atoms with Gasteiger partial charge in [-0.05, 0) is 47.0 Å². The minimum atomic E-state index is -0.427. The summed E-state index contributed by atoms with van der Waals surface area (Å²) in [5, 5.41) is -0.421. The van der Waals surface area contributed by atoms with Gasteiger partial charge in [-0.1, -0.05) is 66.2 Å². The molecule has 1 aliphatic heterocycles. The normalized spacial score (nSPS) is 15.9. The third-order valence-corrected chi connectivity index (χ3v) is 5.68. The number of Topliss-reactive ketones (excluding diaryl/α,β-unsaturated/α-hetero) is 1. The fraction of sp³-hybridized carbons (Fsp3) is 0.190. The van der Waals surface area contributed by atoms with Gasteiger partial charge in [-0.15, -0.1) is 0 Å². The van der Waals surface area contributed by atoms with Crippen LogP contribution in [0.1, 0.15) is 41.3 Å². The molecule has 0 bridgehead atoms. The molecule has 0 aromatic heterocycles. The number of ketones is 1. The predicted octanol–water partition coefficient (Wildman–Crippen LogP) is 5.49. The molecule has 4 nitrogen and oxygen atoms in total. The molecule has 0 radical (unpaired) electrons. The Morgan fingerprint density at radius 1 is 1.07 bits per heavy atom. The largest absolute Gasteiger partial charge is 0.293 e. The molecule has 3 rings (SSSR count). The van der Waals surface area contributed by atoms with E-state index in [9.17, 15) is 14.4 Å². The molecule has 0 N–H and O–H groups in total. The van der Waals surface area contributed by atoms with E-state index in [2.05, 4.69) is 29.8 Å². The van der Waals surface area contributed by atoms with Crippen molar-refractivity contribution in [3.8, 4) is 0 Å². The third-order valence-electron chi connectivity index (χ3n) is 4.24. The summed E-state index contributed by atoms with van der Waals surface area (Å²) in [6.45, 7) is 3.97. The van der Waals surface area contributed by atoms with Gasteiger partial charge in [0, 0.05) is 10.0 Å². The lowest BCUT2D eigenvalue weighted by Crippen LogP contribution is -2.33. The average Bonchev–Trinajstić information content (AvgIpc) is 2.90. The second-order valence-corrected chi connectivity index (χ2v) is 8.43. The van der Waals surface area contributed by atoms with Crippen molar-refractivity contribution < 1.29 is 14.4 Å². The van der Waals surface area contributed by atoms with E-state index in [1.807, 2.05) is 24.3 Å². The van der Waals surface area contributed by atoms with E-state index < -0.39 is 11.1 Å². The van der Waals surface area contributed by atoms with Crippen molar-refractivity contribution in [2.45, 2.75) is 19.8 Å². The summed E-state index contributed by atoms with van der Waals surface area (Å²) < 4.78 is 0.858. The molecule has 0 unspecified atom stereocenters. The third kappa shape index (κ3) is 4.57. The molecular formula is C21H18BrNO3S. The number of hydrogen-bond acceptors (Lipinski definition) is 4. The highest BCUT2D eigenvalue weighted by atomic mass is 79.9. The summed E-state index contributed by atoms with van der Waals surface area (Å²) in [4.78, 5) is 38.5. The highest BCUT2D eigenvalue weighted by Gasteiger charge is 2.36. The van der Waals surface area contributed by atoms with Crippen LogP contribution >= 0.6 is 27.7 Å². The molecule has 0 aliphatic carbocycles. The van der Waals surface area contributed by atoms with Crippen molar-refractivity contribution in [1.82, 2.24) is 4.90 Å². The first-order chi connectivity index (χ1) is 12.8. The van der Waals surface area contributed by atoms with Crippen LogP contribution in [0, 0.1) is 0 Å². The molecule has 0 atom stereocenters. The van der Waals surface area contributed by atoms with Crippen molar-refractivity contribution in [1.29, 1.82) is 0 Å². The van der Waals surface area contributed by atoms with Gasteiger partial charge in [-0.2, -0.15) is 0 Å². The first-order valence-corrected chi connectivity index (χ1v) is 10.1. The molecule has 1 saturated heterocycles. The Bertz CT molecular complexity index is 917. The summed E-state index contributed by atoms with van der Waals surface area (Å²) in [5.41, 5.74) is 2.52. The van der Waals surface area contributed by atoms with E-state index in [4.69, 9.17) is 0 Å². The SMILES string of the molecule is CC(C)c1ccc(/C=C2/SC(=O)N(CC(=O)c3ccc(Br)cc3)C2=O)cc1. The van der Waals surface area contributed by atoms with E-state index in [0.717, 1.165) is 26.7 Å². The molecule has 138 valence electrons. The molecule has 1 fully saturated rings. The van der Waals surface area contributed by atoms with Crippen LogP contribution in [-0.2, 0) is 4.79 Å². The van der Waals surface area contributed by atoms with E-state index in [1.165, 1.54) is 5.56 Å². The number of carbonyl (C=O) groups excluding carboxylic acids is 3. The van der Waals surface area contributed by atoms with Crippen LogP contribution in [0.4, 0.5) is 4.79 Å². The standard InChI is InChI=1S/C21H18BrNO3S/c1-13(2)15-5-3-14(4-6-15)11-19-20(25)23(21(26)27-19)12-18(24)16-7-9-17(22)10-8-16/h3-11,13H,12H2,1-2H3/b19-11+. The molecule has 6 heteroatoms. The topological polar surface area (TPSA) is 54.5 Å². The highest BCUT2D eigenvalue weighted by molar-refractivity contribution is 9.10. The number of thioether (sulfide) groups is 1. The lowest BCUT2D eigenvalue weighted by atomic mass is 10.0. The number of hydrogen-bond donors (Lipinski definition) is 0. The van der Waals surface area contributed by atoms with Gasteiger partial charge in [0.1, 0.15) is 0 Å². The Balaban J connectivity index is 1.74. The number of carbonyl (C=O) groups is 3. The van der Waals surface area contributed by atoms with Gasteiger partial charge in [0.05, 0.1) is 11.4 Å². The van der Waals surface area contributed by atoms with Crippen molar-refractivity contribution in [2.75, 3.05) is 6.54 Å². The zero-order valence-electron chi connectivity index (χ0n) is 14.9. The first-order valence-electron chi connectivity index (χ1n) is 8.49. The van der Waals surface area contributed by atoms with Gasteiger partial charge in [-0.25, -0.2) is 0 Å². The quantitative estimate of drug-likeness (QED) is 0.452. The summed E-state index contributed by atoms with van der Waals surface area (Å²) in [6, 6.07) is 14.7. The fourth-order valence-electron chi connectivity index (χ4n) is 2.64. The minimum absolute atomic E-state index is 0.254. The Labute approximate surface area is 170 Å². The van der Waals surface area contributed by atoms with E-state index in [-0.39, 0.29) is 12.3 Å². The van der Waals surface area contributed by atoms with Crippen molar-refractivity contribution >= 4 is 50.7 Å². The van der Waals surface area contributed by atoms with E-state index >= 15 is 0 Å². The van der Waals surface area contributed by atoms with E-state index in [1.54, 1.807) is 30.3 Å². The molecule has 1 heterocycles. The average molecular weight is 444 g/mol. The number of halogens is 1. The summed E-state index contributed by atoms with van der Waals surface area (Å²) in [7, 11) is 0. The maximum absolute atomic E-state index is 12.6. The number of benzene rings is 2. The van der Waals surface area contributed by atoms with Gasteiger partial charge in [0.25, 0.3) is 11.1 Å². The molecule has 0 saturated carbocycles. The molecule has 27 heavy (non-hydrogen) atoms. The lowest BCUT2D eigenvalue weighted by molar-refractivity contribution is -0.122. The van der Waals surface area contributed by atoms with Gasteiger partial charge in [0.15, 0.2) is 5.78 Å². The first kappa shape index (κ1) is 19.6. The van der Waals surface area contributed by atoms with Crippen LogP contribution in [0.5, 0.6) is 0 Å². The highest BCUT2D eigenvalue weighted by Crippen LogP contribution is 2.32. The minimum Gasteiger partial charge on any atom is -0.292 e. The summed E-state index contributed by atoms with van der Waals surface area (Å²) in [5.74, 6) is -0.272. The van der Waals surface area contributed by atoms with Gasteiger partial charge in [-0.3, -0.25) is 19.3 Å². The van der Waals surface area contributed by atoms with E-state index in [0.29, 0.717) is 16.4 Å². The van der Waals surface area contributed by atoms with Gasteiger partial charge < -0.3 is 0 Å². The van der Waals surface area contributed by atoms with Crippen LogP contribution in [0.2, 0.25) is 0 Å². The number of imide groups is 1. The van der Waals surface area contributed by atoms with Crippen LogP contribution in [-0.4, -0.2) is 28.4 Å². The maximum atomic E-state index is 12.6. The summed E-state index contributed by atoms with van der Waals surface area (Å²) in [6.07, 6.45) is 1.69. The second-order valence-electron chi connectivity index (χ2n) is 6.52. The number of nitrogens with zero attached hydrogens (tertiary/aromatic N) is 1. The predicted molar refractivity (Wildman–Crippen MR) is 112 cm³/mol. The molecule has 2 aromatic carbocycles. The molecule has 2 amide bonds.